The first kappa shape index (κ1) is 54.2. The molecular formula is C90H56B3N7. The second-order valence-corrected chi connectivity index (χ2v) is 27.4. The third kappa shape index (κ3) is 7.10. The molecule has 0 spiro atoms. The van der Waals surface area contributed by atoms with E-state index in [0.717, 1.165) is 34.1 Å². The molecule has 0 atom stereocenters. The van der Waals surface area contributed by atoms with Gasteiger partial charge >= 0.3 is 0 Å². The van der Waals surface area contributed by atoms with E-state index in [-0.39, 0.29) is 20.1 Å². The molecule has 0 bridgehead atoms. The normalized spacial score (nSPS) is 14.0. The number of hydrogen-bond acceptors (Lipinski definition) is 6. The molecule has 0 unspecified atom stereocenters. The van der Waals surface area contributed by atoms with E-state index in [2.05, 4.69) is 374 Å². The molecule has 10 heteroatoms. The van der Waals surface area contributed by atoms with E-state index in [0.29, 0.717) is 0 Å². The Labute approximate surface area is 579 Å². The van der Waals surface area contributed by atoms with Crippen LogP contribution in [0.4, 0.5) is 102 Å². The van der Waals surface area contributed by atoms with Crippen LogP contribution in [0.5, 0.6) is 0 Å². The van der Waals surface area contributed by atoms with Crippen LogP contribution in [0.2, 0.25) is 0 Å². The lowest BCUT2D eigenvalue weighted by Crippen LogP contribution is -2.62. The Bertz CT molecular complexity index is 6280. The van der Waals surface area contributed by atoms with E-state index in [1.54, 1.807) is 0 Å². The van der Waals surface area contributed by atoms with E-state index >= 15 is 0 Å². The first-order chi connectivity index (χ1) is 49.7. The molecule has 0 radical (unpaired) electrons. The van der Waals surface area contributed by atoms with Gasteiger partial charge in [-0.25, -0.2) is 0 Å². The minimum absolute atomic E-state index is 0.107. The zero-order chi connectivity index (χ0) is 65.0. The van der Waals surface area contributed by atoms with Crippen molar-refractivity contribution in [3.63, 3.8) is 0 Å². The largest absolute Gasteiger partial charge is 0.311 e. The van der Waals surface area contributed by atoms with Crippen molar-refractivity contribution in [2.45, 2.75) is 0 Å². The number of hydrogen-bond donors (Lipinski definition) is 0. The highest BCUT2D eigenvalue weighted by Gasteiger charge is 2.50. The Morgan fingerprint density at radius 1 is 0.190 bits per heavy atom. The van der Waals surface area contributed by atoms with Gasteiger partial charge in [-0.05, 0) is 195 Å². The van der Waals surface area contributed by atoms with Gasteiger partial charge in [0.05, 0.1) is 22.2 Å². The molecule has 0 amide bonds. The molecule has 460 valence electrons. The fourth-order valence-electron chi connectivity index (χ4n) is 18.9. The van der Waals surface area contributed by atoms with Crippen molar-refractivity contribution in [2.24, 2.45) is 0 Å². The number of para-hydroxylation sites is 9. The molecule has 6 aliphatic rings. The van der Waals surface area contributed by atoms with Gasteiger partial charge in [-0.2, -0.15) is 0 Å². The van der Waals surface area contributed by atoms with Crippen molar-refractivity contribution in [2.75, 3.05) is 29.4 Å². The Morgan fingerprint density at radius 3 is 0.950 bits per heavy atom. The van der Waals surface area contributed by atoms with E-state index in [4.69, 9.17) is 0 Å². The van der Waals surface area contributed by atoms with Crippen molar-refractivity contribution in [3.8, 4) is 0 Å². The van der Waals surface area contributed by atoms with Gasteiger partial charge in [0.1, 0.15) is 0 Å². The molecule has 0 N–H and O–H groups in total. The first-order valence-corrected chi connectivity index (χ1v) is 34.9. The summed E-state index contributed by atoms with van der Waals surface area (Å²) in [6, 6.07) is 128. The van der Waals surface area contributed by atoms with Gasteiger partial charge in [0.2, 0.25) is 0 Å². The minimum Gasteiger partial charge on any atom is -0.311 e. The van der Waals surface area contributed by atoms with Crippen LogP contribution < -0.4 is 78.6 Å². The van der Waals surface area contributed by atoms with Gasteiger partial charge in [0.15, 0.2) is 0 Å². The molecule has 6 aliphatic heterocycles. The summed E-state index contributed by atoms with van der Waals surface area (Å²) in [6.45, 7) is -0.409. The highest BCUT2D eigenvalue weighted by atomic mass is 15.2. The monoisotopic (exact) mass is 1270 g/mol. The van der Waals surface area contributed by atoms with E-state index < -0.39 is 0 Å². The maximum absolute atomic E-state index is 2.71. The smallest absolute Gasteiger partial charge is 0.253 e. The second kappa shape index (κ2) is 20.3. The topological polar surface area (TPSA) is 23.9 Å². The summed E-state index contributed by atoms with van der Waals surface area (Å²) in [6.07, 6.45) is 0. The second-order valence-electron chi connectivity index (χ2n) is 27.4. The van der Waals surface area contributed by atoms with Crippen LogP contribution in [0.25, 0.3) is 38.1 Å². The Balaban J connectivity index is 0.907. The molecule has 0 aliphatic carbocycles. The fraction of sp³-hybridized carbons (Fsp3) is 0. The maximum atomic E-state index is 2.71. The number of fused-ring (bicyclic) bond motifs is 20. The standard InChI is InChI=1S/C90H56B3N7/c1-7-28-57(29-8-1)94-70-43-22-19-40-65(70)91-68-54-63-81(56-82(68)98(61-36-15-5-16-37-61)76-48-25-46-74(94)85(76)91)100-73-52-53-80-88(93-67-42-21-24-45-72(67)96(59-32-11-3-12-33-59)77-49-26-50-78(87(77)93)97(80)60-34-13-4-14-35-60)83(73)64-55-69-90(84(63)89(64)100)99(62-38-17-6-18-39-62)79-51-27-47-75-86(79)92(69)66-41-20-23-44-71(66)95(75)58-30-9-2-10-31-58/h1-56H. The molecule has 7 nitrogen and oxygen atoms in total. The van der Waals surface area contributed by atoms with Crippen LogP contribution >= 0.6 is 0 Å². The van der Waals surface area contributed by atoms with Crippen LogP contribution in [0.3, 0.4) is 0 Å². The molecule has 0 saturated heterocycles. The van der Waals surface area contributed by atoms with Crippen LogP contribution in [-0.4, -0.2) is 24.5 Å². The van der Waals surface area contributed by atoms with Gasteiger partial charge in [0, 0.05) is 118 Å². The van der Waals surface area contributed by atoms with Crippen LogP contribution in [-0.2, 0) is 0 Å². The third-order valence-electron chi connectivity index (χ3n) is 22.6. The average Bonchev–Trinajstić information content (AvgIpc) is 1.44. The zero-order valence-corrected chi connectivity index (χ0v) is 54.2. The summed E-state index contributed by atoms with van der Waals surface area (Å²) in [5.74, 6) is 0. The van der Waals surface area contributed by atoms with Gasteiger partial charge in [0.25, 0.3) is 20.1 Å². The summed E-state index contributed by atoms with van der Waals surface area (Å²) < 4.78 is 2.71. The molecule has 2 aromatic heterocycles. The summed E-state index contributed by atoms with van der Waals surface area (Å²) in [7, 11) is 0. The number of anilines is 18. The highest BCUT2D eigenvalue weighted by molar-refractivity contribution is 7.03. The number of aromatic nitrogens is 1. The van der Waals surface area contributed by atoms with Crippen molar-refractivity contribution in [1.82, 2.24) is 4.40 Å². The maximum Gasteiger partial charge on any atom is 0.253 e. The van der Waals surface area contributed by atoms with Crippen molar-refractivity contribution in [1.29, 1.82) is 0 Å². The van der Waals surface area contributed by atoms with Crippen LogP contribution in [0, 0.1) is 0 Å². The third-order valence-corrected chi connectivity index (χ3v) is 22.6. The van der Waals surface area contributed by atoms with E-state index in [1.807, 2.05) is 0 Å². The summed E-state index contributed by atoms with van der Waals surface area (Å²) in [5, 5.41) is 4.99. The summed E-state index contributed by atoms with van der Waals surface area (Å²) in [5.41, 5.74) is 36.2. The number of benzene rings is 15. The predicted octanol–water partition coefficient (Wildman–Crippen LogP) is 17.1. The van der Waals surface area contributed by atoms with Crippen molar-refractivity contribution < 1.29 is 0 Å². The molecular weight excluding hydrogens is 1210 g/mol. The molecule has 15 aromatic carbocycles. The highest BCUT2D eigenvalue weighted by Crippen LogP contribution is 2.54. The summed E-state index contributed by atoms with van der Waals surface area (Å²) in [4.78, 5) is 15.3. The molecule has 0 fully saturated rings. The molecule has 8 heterocycles. The molecule has 17 aromatic rings. The van der Waals surface area contributed by atoms with E-state index in [1.165, 1.54) is 156 Å². The lowest BCUT2D eigenvalue weighted by Gasteiger charge is -2.45. The minimum atomic E-state index is -0.155. The molecule has 23 rings (SSSR count). The molecule has 100 heavy (non-hydrogen) atoms. The Hall–Kier alpha value is -12.9. The fourth-order valence-corrected chi connectivity index (χ4v) is 18.9. The Kier molecular flexibility index (Phi) is 11.0. The van der Waals surface area contributed by atoms with Crippen LogP contribution in [0.15, 0.2) is 340 Å². The number of rotatable bonds is 6. The SMILES string of the molecule is c1ccc(N2c3ccccc3B3c4cc5c6c7c(cc8c9c%10c(ccc9n(c5cc4N(c4ccccc4)c4cccc2c43)c86)N(c2ccccc2)c2cccc3c2B%10c2ccccc2N3c2ccccc2)B2c3ccccc3N(c3ccccc3)c3cccc(c32)N7c2ccccc2)cc1. The molecule has 0 saturated carbocycles. The van der Waals surface area contributed by atoms with Gasteiger partial charge < -0.3 is 33.8 Å². The van der Waals surface area contributed by atoms with Crippen molar-refractivity contribution >= 4 is 210 Å². The van der Waals surface area contributed by atoms with Gasteiger partial charge in [-0.15, -0.1) is 0 Å². The van der Waals surface area contributed by atoms with Gasteiger partial charge in [-0.3, -0.25) is 0 Å². The van der Waals surface area contributed by atoms with E-state index in [9.17, 15) is 0 Å². The quantitative estimate of drug-likeness (QED) is 0.154. The lowest BCUT2D eigenvalue weighted by molar-refractivity contribution is 1.25. The lowest BCUT2D eigenvalue weighted by atomic mass is 9.32. The van der Waals surface area contributed by atoms with Gasteiger partial charge in [-0.1, -0.05) is 194 Å². The van der Waals surface area contributed by atoms with Crippen LogP contribution in [0.1, 0.15) is 0 Å². The average molecular weight is 1270 g/mol. The summed E-state index contributed by atoms with van der Waals surface area (Å²) >= 11 is 0. The zero-order valence-electron chi connectivity index (χ0n) is 54.2. The first-order valence-electron chi connectivity index (χ1n) is 34.9. The predicted molar refractivity (Wildman–Crippen MR) is 423 cm³/mol. The van der Waals surface area contributed by atoms with Crippen molar-refractivity contribution in [3.05, 3.63) is 340 Å². The Morgan fingerprint density at radius 2 is 0.510 bits per heavy atom. The number of nitrogens with zero attached hydrogens (tertiary/aromatic N) is 7.